The third-order valence-corrected chi connectivity index (χ3v) is 6.52. The molecule has 4 atom stereocenters. The van der Waals surface area contributed by atoms with E-state index in [2.05, 4.69) is 27.2 Å². The number of thioether (sulfide) groups is 1. The van der Waals surface area contributed by atoms with Crippen molar-refractivity contribution in [2.45, 2.75) is 49.5 Å². The minimum atomic E-state index is -1.22. The lowest BCUT2D eigenvalue weighted by atomic mass is 10.1. The van der Waals surface area contributed by atoms with Gasteiger partial charge in [-0.15, -0.1) is 0 Å². The molecule has 0 unspecified atom stereocenters. The highest BCUT2D eigenvalue weighted by Gasteiger charge is 2.44. The van der Waals surface area contributed by atoms with Crippen LogP contribution in [-0.4, -0.2) is 79.2 Å². The number of anilines is 1. The quantitative estimate of drug-likeness (QED) is 0.253. The van der Waals surface area contributed by atoms with E-state index in [9.17, 15) is 15.3 Å². The molecule has 4 rings (SSSR count). The Kier molecular flexibility index (Phi) is 7.66. The van der Waals surface area contributed by atoms with Crippen LogP contribution in [0.4, 0.5) is 5.82 Å². The first-order chi connectivity index (χ1) is 16.0. The summed E-state index contributed by atoms with van der Waals surface area (Å²) in [6, 6.07) is 7.90. The van der Waals surface area contributed by atoms with Crippen LogP contribution in [0.5, 0.6) is 5.75 Å². The predicted octanol–water partition coefficient (Wildman–Crippen LogP) is 1.60. The minimum Gasteiger partial charge on any atom is -0.497 e. The fourth-order valence-corrected chi connectivity index (χ4v) is 4.42. The molecular weight excluding hydrogens is 446 g/mol. The molecular formula is C22H29N5O5S. The van der Waals surface area contributed by atoms with Gasteiger partial charge in [0.25, 0.3) is 0 Å². The van der Waals surface area contributed by atoms with Crippen LogP contribution >= 0.6 is 11.8 Å². The molecule has 0 aliphatic carbocycles. The lowest BCUT2D eigenvalue weighted by Gasteiger charge is -2.17. The number of aliphatic hydroxyl groups excluding tert-OH is 3. The Hall–Kier alpha value is -2.44. The van der Waals surface area contributed by atoms with E-state index >= 15 is 0 Å². The second-order valence-corrected chi connectivity index (χ2v) is 8.85. The molecule has 0 saturated carbocycles. The molecule has 3 aromatic rings. The molecule has 0 radical (unpaired) electrons. The van der Waals surface area contributed by atoms with Gasteiger partial charge in [0.05, 0.1) is 20.0 Å². The number of methoxy groups -OCH3 is 1. The number of nitrogens with one attached hydrogen (secondary N) is 1. The fraction of sp³-hybridized carbons (Fsp3) is 0.500. The number of rotatable bonds is 10. The van der Waals surface area contributed by atoms with Crippen LogP contribution in [0, 0.1) is 0 Å². The zero-order valence-corrected chi connectivity index (χ0v) is 19.4. The van der Waals surface area contributed by atoms with Crippen LogP contribution in [0.15, 0.2) is 35.7 Å². The first kappa shape index (κ1) is 23.7. The van der Waals surface area contributed by atoms with Crippen LogP contribution < -0.4 is 10.1 Å². The van der Waals surface area contributed by atoms with Crippen molar-refractivity contribution in [3.63, 3.8) is 0 Å². The van der Waals surface area contributed by atoms with Crippen molar-refractivity contribution in [3.05, 3.63) is 36.2 Å². The van der Waals surface area contributed by atoms with Crippen molar-refractivity contribution in [2.24, 2.45) is 0 Å². The van der Waals surface area contributed by atoms with Gasteiger partial charge < -0.3 is 30.1 Å². The molecule has 3 heterocycles. The zero-order chi connectivity index (χ0) is 23.4. The van der Waals surface area contributed by atoms with E-state index in [0.717, 1.165) is 29.9 Å². The Morgan fingerprint density at radius 1 is 1.24 bits per heavy atom. The maximum atomic E-state index is 10.5. The summed E-state index contributed by atoms with van der Waals surface area (Å²) in [5.74, 6) is 2.26. The van der Waals surface area contributed by atoms with Crippen LogP contribution in [0.1, 0.15) is 25.1 Å². The van der Waals surface area contributed by atoms with Gasteiger partial charge in [0.2, 0.25) is 0 Å². The molecule has 1 aliphatic heterocycles. The van der Waals surface area contributed by atoms with Crippen LogP contribution in [0.2, 0.25) is 0 Å². The second-order valence-electron chi connectivity index (χ2n) is 7.78. The van der Waals surface area contributed by atoms with Crippen molar-refractivity contribution in [3.8, 4) is 5.75 Å². The van der Waals surface area contributed by atoms with Crippen LogP contribution in [-0.2, 0) is 11.2 Å². The number of fused-ring (bicyclic) bond motifs is 1. The molecule has 4 N–H and O–H groups in total. The Bertz CT molecular complexity index is 1080. The van der Waals surface area contributed by atoms with Gasteiger partial charge in [-0.3, -0.25) is 4.57 Å². The van der Waals surface area contributed by atoms with Gasteiger partial charge in [-0.25, -0.2) is 15.0 Å². The van der Waals surface area contributed by atoms with Gasteiger partial charge in [-0.2, -0.15) is 0 Å². The standard InChI is InChI=1S/C22H29N5O5S/c1-3-9-33-22-25-19(23-8-7-13-5-4-6-14(10-13)31-2)16-20(26-22)27(12-24-16)21-18(30)17(29)15(11-28)32-21/h4-6,10,12,15,17-18,21,28-30H,3,7-9,11H2,1-2H3,(H,23,25,26)/t15-,17-,18-,21-/m1/s1. The largest absolute Gasteiger partial charge is 0.497 e. The molecule has 0 bridgehead atoms. The summed E-state index contributed by atoms with van der Waals surface area (Å²) in [6.45, 7) is 2.31. The Morgan fingerprint density at radius 2 is 2.09 bits per heavy atom. The van der Waals surface area contributed by atoms with E-state index in [4.69, 9.17) is 9.47 Å². The van der Waals surface area contributed by atoms with Gasteiger partial charge in [-0.05, 0) is 30.5 Å². The SMILES string of the molecule is CCCSc1nc(NCCc2cccc(OC)c2)c2ncn([C@@H]3O[C@H](CO)[C@@H](O)[C@H]3O)c2n1. The van der Waals surface area contributed by atoms with Crippen molar-refractivity contribution >= 4 is 28.7 Å². The summed E-state index contributed by atoms with van der Waals surface area (Å²) in [7, 11) is 1.65. The molecule has 11 heteroatoms. The number of benzene rings is 1. The Balaban J connectivity index is 1.60. The molecule has 10 nitrogen and oxygen atoms in total. The molecule has 33 heavy (non-hydrogen) atoms. The van der Waals surface area contributed by atoms with Crippen molar-refractivity contribution < 1.29 is 24.8 Å². The van der Waals surface area contributed by atoms with Crippen molar-refractivity contribution in [1.82, 2.24) is 19.5 Å². The van der Waals surface area contributed by atoms with E-state index in [0.29, 0.717) is 28.7 Å². The molecule has 1 saturated heterocycles. The summed E-state index contributed by atoms with van der Waals surface area (Å²) in [5.41, 5.74) is 2.16. The summed E-state index contributed by atoms with van der Waals surface area (Å²) in [5, 5.41) is 34.0. The number of ether oxygens (including phenoxy) is 2. The summed E-state index contributed by atoms with van der Waals surface area (Å²) < 4.78 is 12.6. The predicted molar refractivity (Wildman–Crippen MR) is 125 cm³/mol. The molecule has 1 fully saturated rings. The summed E-state index contributed by atoms with van der Waals surface area (Å²) >= 11 is 1.53. The molecule has 0 spiro atoms. The topological polar surface area (TPSA) is 135 Å². The van der Waals surface area contributed by atoms with E-state index in [1.807, 2.05) is 24.3 Å². The number of aromatic nitrogens is 4. The fourth-order valence-electron chi connectivity index (χ4n) is 3.73. The van der Waals surface area contributed by atoms with E-state index in [-0.39, 0.29) is 0 Å². The van der Waals surface area contributed by atoms with E-state index < -0.39 is 31.1 Å². The van der Waals surface area contributed by atoms with Gasteiger partial charge in [0.15, 0.2) is 28.4 Å². The molecule has 1 aromatic carbocycles. The number of aliphatic hydroxyl groups is 3. The van der Waals surface area contributed by atoms with Crippen molar-refractivity contribution in [1.29, 1.82) is 0 Å². The van der Waals surface area contributed by atoms with Gasteiger partial charge in [0, 0.05) is 12.3 Å². The lowest BCUT2D eigenvalue weighted by molar-refractivity contribution is -0.0511. The molecule has 1 aliphatic rings. The maximum Gasteiger partial charge on any atom is 0.191 e. The Labute approximate surface area is 196 Å². The summed E-state index contributed by atoms with van der Waals surface area (Å²) in [6.07, 6.45) is -0.959. The zero-order valence-electron chi connectivity index (χ0n) is 18.6. The number of hydrogen-bond acceptors (Lipinski definition) is 10. The minimum absolute atomic E-state index is 0.398. The van der Waals surface area contributed by atoms with E-state index in [1.54, 1.807) is 11.7 Å². The third-order valence-electron chi connectivity index (χ3n) is 5.47. The van der Waals surface area contributed by atoms with Crippen LogP contribution in [0.25, 0.3) is 11.2 Å². The maximum absolute atomic E-state index is 10.5. The van der Waals surface area contributed by atoms with Gasteiger partial charge in [-0.1, -0.05) is 30.8 Å². The normalized spacial score (nSPS) is 22.7. The smallest absolute Gasteiger partial charge is 0.191 e. The summed E-state index contributed by atoms with van der Waals surface area (Å²) in [4.78, 5) is 13.8. The van der Waals surface area contributed by atoms with E-state index in [1.165, 1.54) is 18.1 Å². The highest BCUT2D eigenvalue weighted by molar-refractivity contribution is 7.99. The van der Waals surface area contributed by atoms with Gasteiger partial charge >= 0.3 is 0 Å². The molecule has 2 aromatic heterocycles. The third kappa shape index (κ3) is 5.07. The number of imidazole rings is 1. The highest BCUT2D eigenvalue weighted by atomic mass is 32.2. The Morgan fingerprint density at radius 3 is 2.82 bits per heavy atom. The average Bonchev–Trinajstić information content (AvgIpc) is 3.38. The van der Waals surface area contributed by atoms with Crippen LogP contribution in [0.3, 0.4) is 0 Å². The molecule has 0 amide bonds. The highest BCUT2D eigenvalue weighted by Crippen LogP contribution is 2.33. The van der Waals surface area contributed by atoms with Gasteiger partial charge in [0.1, 0.15) is 24.1 Å². The molecule has 178 valence electrons. The average molecular weight is 476 g/mol. The first-order valence-corrected chi connectivity index (χ1v) is 11.9. The second kappa shape index (κ2) is 10.7. The number of hydrogen-bond donors (Lipinski definition) is 4. The number of nitrogens with zero attached hydrogens (tertiary/aromatic N) is 4. The lowest BCUT2D eigenvalue weighted by Crippen LogP contribution is -2.33. The van der Waals surface area contributed by atoms with Crippen molar-refractivity contribution in [2.75, 3.05) is 31.3 Å². The monoisotopic (exact) mass is 475 g/mol. The first-order valence-electron chi connectivity index (χ1n) is 10.9.